The van der Waals surface area contributed by atoms with Crippen molar-refractivity contribution in [2.24, 2.45) is 5.84 Å². The molecule has 0 amide bonds. The Morgan fingerprint density at radius 2 is 2.11 bits per heavy atom. The van der Waals surface area contributed by atoms with E-state index in [1.165, 1.54) is 10.4 Å². The Hall–Kier alpha value is -0.460. The van der Waals surface area contributed by atoms with Crippen molar-refractivity contribution in [1.82, 2.24) is 10.3 Å². The highest BCUT2D eigenvalue weighted by molar-refractivity contribution is 7.10. The van der Waals surface area contributed by atoms with Crippen molar-refractivity contribution in [2.75, 3.05) is 26.3 Å². The number of nitrogens with two attached hydrogens (primary N) is 1. The first-order valence-corrected chi connectivity index (χ1v) is 7.28. The molecule has 4 nitrogen and oxygen atoms in total. The van der Waals surface area contributed by atoms with Gasteiger partial charge in [-0.3, -0.25) is 16.2 Å². The van der Waals surface area contributed by atoms with Crippen molar-refractivity contribution in [1.29, 1.82) is 0 Å². The van der Waals surface area contributed by atoms with Gasteiger partial charge in [-0.1, -0.05) is 0 Å². The van der Waals surface area contributed by atoms with E-state index in [9.17, 15) is 0 Å². The van der Waals surface area contributed by atoms with Gasteiger partial charge in [-0.05, 0) is 37.8 Å². The summed E-state index contributed by atoms with van der Waals surface area (Å²) in [6.07, 6.45) is 0. The number of thiophene rings is 1. The van der Waals surface area contributed by atoms with Gasteiger partial charge in [0.25, 0.3) is 0 Å². The zero-order chi connectivity index (χ0) is 13.2. The molecule has 1 atom stereocenters. The van der Waals surface area contributed by atoms with Gasteiger partial charge >= 0.3 is 0 Å². The molecule has 102 valence electrons. The second-order valence-electron chi connectivity index (χ2n) is 5.28. The number of nitrogens with zero attached hydrogens (tertiary/aromatic N) is 1. The van der Waals surface area contributed by atoms with E-state index in [-0.39, 0.29) is 11.6 Å². The van der Waals surface area contributed by atoms with Crippen LogP contribution < -0.4 is 11.3 Å². The quantitative estimate of drug-likeness (QED) is 0.645. The van der Waals surface area contributed by atoms with Crippen molar-refractivity contribution in [3.63, 3.8) is 0 Å². The SMILES string of the molecule is Cc1sccc1C(NN)C(C)(C)N1CCOCC1. The second-order valence-corrected chi connectivity index (χ2v) is 6.41. The molecule has 1 aromatic rings. The summed E-state index contributed by atoms with van der Waals surface area (Å²) in [7, 11) is 0. The zero-order valence-electron chi connectivity index (χ0n) is 11.4. The molecule has 18 heavy (non-hydrogen) atoms. The third-order valence-electron chi connectivity index (χ3n) is 3.91. The van der Waals surface area contributed by atoms with E-state index in [2.05, 4.69) is 42.5 Å². The maximum Gasteiger partial charge on any atom is 0.0649 e. The lowest BCUT2D eigenvalue weighted by Crippen LogP contribution is -2.57. The summed E-state index contributed by atoms with van der Waals surface area (Å²) in [5.41, 5.74) is 4.29. The average Bonchev–Trinajstić information content (AvgIpc) is 2.78. The van der Waals surface area contributed by atoms with Crippen LogP contribution in [0.3, 0.4) is 0 Å². The summed E-state index contributed by atoms with van der Waals surface area (Å²) < 4.78 is 5.43. The number of morpholine rings is 1. The summed E-state index contributed by atoms with van der Waals surface area (Å²) in [6.45, 7) is 10.2. The number of aryl methyl sites for hydroxylation is 1. The largest absolute Gasteiger partial charge is 0.379 e. The van der Waals surface area contributed by atoms with E-state index in [0.29, 0.717) is 0 Å². The third-order valence-corrected chi connectivity index (χ3v) is 4.77. The van der Waals surface area contributed by atoms with E-state index >= 15 is 0 Å². The molecule has 2 heterocycles. The van der Waals surface area contributed by atoms with Crippen molar-refractivity contribution in [3.8, 4) is 0 Å². The molecule has 0 radical (unpaired) electrons. The van der Waals surface area contributed by atoms with Crippen LogP contribution in [-0.4, -0.2) is 36.7 Å². The van der Waals surface area contributed by atoms with Gasteiger partial charge in [0.15, 0.2) is 0 Å². The number of ether oxygens (including phenoxy) is 1. The van der Waals surface area contributed by atoms with Crippen LogP contribution in [0.5, 0.6) is 0 Å². The van der Waals surface area contributed by atoms with E-state index in [4.69, 9.17) is 10.6 Å². The summed E-state index contributed by atoms with van der Waals surface area (Å²) in [4.78, 5) is 3.79. The molecule has 5 heteroatoms. The van der Waals surface area contributed by atoms with Gasteiger partial charge in [0.05, 0.1) is 19.3 Å². The molecule has 0 aromatic carbocycles. The topological polar surface area (TPSA) is 50.5 Å². The Kier molecular flexibility index (Phi) is 4.40. The maximum atomic E-state index is 5.82. The lowest BCUT2D eigenvalue weighted by molar-refractivity contribution is -0.0238. The van der Waals surface area contributed by atoms with Gasteiger partial charge in [0.2, 0.25) is 0 Å². The summed E-state index contributed by atoms with van der Waals surface area (Å²) in [5.74, 6) is 5.82. The number of nitrogens with one attached hydrogen (secondary N) is 1. The molecule has 1 aromatic heterocycles. The van der Waals surface area contributed by atoms with Crippen LogP contribution in [0.2, 0.25) is 0 Å². The molecule has 1 aliphatic rings. The Morgan fingerprint density at radius 1 is 1.44 bits per heavy atom. The number of rotatable bonds is 4. The molecule has 1 saturated heterocycles. The lowest BCUT2D eigenvalue weighted by Gasteiger charge is -2.45. The summed E-state index contributed by atoms with van der Waals surface area (Å²) >= 11 is 1.77. The van der Waals surface area contributed by atoms with Gasteiger partial charge in [-0.15, -0.1) is 11.3 Å². The van der Waals surface area contributed by atoms with E-state index in [0.717, 1.165) is 26.3 Å². The van der Waals surface area contributed by atoms with E-state index < -0.39 is 0 Å². The first-order chi connectivity index (χ1) is 8.57. The van der Waals surface area contributed by atoms with Crippen LogP contribution >= 0.6 is 11.3 Å². The predicted molar refractivity (Wildman–Crippen MR) is 75.6 cm³/mol. The second kappa shape index (κ2) is 5.67. The Morgan fingerprint density at radius 3 is 2.61 bits per heavy atom. The first-order valence-electron chi connectivity index (χ1n) is 6.40. The van der Waals surface area contributed by atoms with Crippen LogP contribution in [-0.2, 0) is 4.74 Å². The van der Waals surface area contributed by atoms with Gasteiger partial charge in [0, 0.05) is 23.5 Å². The minimum atomic E-state index is -0.0234. The summed E-state index contributed by atoms with van der Waals surface area (Å²) in [5, 5.41) is 2.13. The van der Waals surface area contributed by atoms with E-state index in [1.807, 2.05) is 0 Å². The zero-order valence-corrected chi connectivity index (χ0v) is 12.2. The van der Waals surface area contributed by atoms with Crippen LogP contribution in [0.25, 0.3) is 0 Å². The fourth-order valence-corrected chi connectivity index (χ4v) is 3.43. The standard InChI is InChI=1S/C13H23N3OS/c1-10-11(4-9-18-10)12(15-14)13(2,3)16-5-7-17-8-6-16/h4,9,12,15H,5-8,14H2,1-3H3. The summed E-state index contributed by atoms with van der Waals surface area (Å²) in [6, 6.07) is 2.31. The number of hydrogen-bond donors (Lipinski definition) is 2. The Labute approximate surface area is 113 Å². The highest BCUT2D eigenvalue weighted by atomic mass is 32.1. The molecular weight excluding hydrogens is 246 g/mol. The van der Waals surface area contributed by atoms with Crippen LogP contribution in [0.1, 0.15) is 30.3 Å². The Balaban J connectivity index is 2.22. The maximum absolute atomic E-state index is 5.82. The van der Waals surface area contributed by atoms with Gasteiger partial charge in [0.1, 0.15) is 0 Å². The highest BCUT2D eigenvalue weighted by Gasteiger charge is 2.37. The normalized spacial score (nSPS) is 20.0. The number of hydrogen-bond acceptors (Lipinski definition) is 5. The molecule has 3 N–H and O–H groups in total. The van der Waals surface area contributed by atoms with Crippen molar-refractivity contribution < 1.29 is 4.74 Å². The predicted octanol–water partition coefficient (Wildman–Crippen LogP) is 1.67. The molecule has 0 saturated carbocycles. The van der Waals surface area contributed by atoms with Gasteiger partial charge in [-0.25, -0.2) is 0 Å². The monoisotopic (exact) mass is 269 g/mol. The lowest BCUT2D eigenvalue weighted by atomic mass is 9.87. The molecule has 0 bridgehead atoms. The molecular formula is C13H23N3OS. The minimum absolute atomic E-state index is 0.0234. The third kappa shape index (κ3) is 2.60. The molecule has 0 spiro atoms. The fraction of sp³-hybridized carbons (Fsp3) is 0.692. The Bertz CT molecular complexity index is 385. The van der Waals surface area contributed by atoms with E-state index in [1.54, 1.807) is 11.3 Å². The number of hydrazine groups is 1. The van der Waals surface area contributed by atoms with Crippen molar-refractivity contribution in [3.05, 3.63) is 21.9 Å². The smallest absolute Gasteiger partial charge is 0.0649 e. The van der Waals surface area contributed by atoms with Gasteiger partial charge in [-0.2, -0.15) is 0 Å². The average molecular weight is 269 g/mol. The molecule has 2 rings (SSSR count). The molecule has 1 fully saturated rings. The molecule has 1 unspecified atom stereocenters. The van der Waals surface area contributed by atoms with Crippen LogP contribution in [0, 0.1) is 6.92 Å². The fourth-order valence-electron chi connectivity index (χ4n) is 2.69. The van der Waals surface area contributed by atoms with Crippen LogP contribution in [0.4, 0.5) is 0 Å². The van der Waals surface area contributed by atoms with Crippen molar-refractivity contribution >= 4 is 11.3 Å². The van der Waals surface area contributed by atoms with Crippen molar-refractivity contribution in [2.45, 2.75) is 32.4 Å². The molecule has 0 aliphatic carbocycles. The highest BCUT2D eigenvalue weighted by Crippen LogP contribution is 2.34. The molecule has 1 aliphatic heterocycles. The first kappa shape index (κ1) is 14.0. The minimum Gasteiger partial charge on any atom is -0.379 e. The van der Waals surface area contributed by atoms with Crippen LogP contribution in [0.15, 0.2) is 11.4 Å². The van der Waals surface area contributed by atoms with Gasteiger partial charge < -0.3 is 4.74 Å².